The predicted molar refractivity (Wildman–Crippen MR) is 59.9 cm³/mol. The number of nitrogens with one attached hydrogen (secondary N) is 1. The van der Waals surface area contributed by atoms with Crippen LogP contribution in [0.3, 0.4) is 0 Å². The van der Waals surface area contributed by atoms with Crippen LogP contribution in [0.5, 0.6) is 0 Å². The zero-order valence-electron chi connectivity index (χ0n) is 10.3. The molecule has 0 heterocycles. The second-order valence-electron chi connectivity index (χ2n) is 6.42. The molecule has 0 aliphatic rings. The molecule has 0 saturated heterocycles. The van der Waals surface area contributed by atoms with Gasteiger partial charge in [0, 0.05) is 16.6 Å². The summed E-state index contributed by atoms with van der Waals surface area (Å²) in [5, 5.41) is 3.57. The fourth-order valence-electron chi connectivity index (χ4n) is 2.20. The van der Waals surface area contributed by atoms with Gasteiger partial charge in [0.2, 0.25) is 0 Å². The molecule has 3 N–H and O–H groups in total. The van der Waals surface area contributed by atoms with E-state index in [2.05, 4.69) is 53.8 Å². The highest BCUT2D eigenvalue weighted by molar-refractivity contribution is 4.91. The molecule has 0 atom stereocenters. The highest BCUT2D eigenvalue weighted by atomic mass is 15.0. The fraction of sp³-hybridized carbons (Fsp3) is 1.00. The Bertz CT molecular complexity index is 140. The molecule has 0 aromatic carbocycles. The zero-order chi connectivity index (χ0) is 10.9. The average molecular weight is 186 g/mol. The Labute approximate surface area is 83.3 Å². The van der Waals surface area contributed by atoms with Crippen LogP contribution in [-0.2, 0) is 0 Å². The minimum Gasteiger partial charge on any atom is -0.325 e. The van der Waals surface area contributed by atoms with E-state index in [9.17, 15) is 0 Å². The Morgan fingerprint density at radius 2 is 1.31 bits per heavy atom. The summed E-state index contributed by atoms with van der Waals surface area (Å²) in [6.07, 6.45) is 0.970. The smallest absolute Gasteiger partial charge is 0.0147 e. The van der Waals surface area contributed by atoms with Crippen molar-refractivity contribution in [3.8, 4) is 0 Å². The zero-order valence-corrected chi connectivity index (χ0v) is 10.3. The van der Waals surface area contributed by atoms with Crippen LogP contribution in [0.2, 0.25) is 0 Å². The molecule has 0 aliphatic carbocycles. The first-order valence-electron chi connectivity index (χ1n) is 5.00. The summed E-state index contributed by atoms with van der Waals surface area (Å²) in [6, 6.07) is 0. The molecule has 80 valence electrons. The van der Waals surface area contributed by atoms with Crippen LogP contribution in [0.15, 0.2) is 0 Å². The van der Waals surface area contributed by atoms with Gasteiger partial charge < -0.3 is 11.1 Å². The molecule has 0 radical (unpaired) electrons. The van der Waals surface area contributed by atoms with Crippen molar-refractivity contribution in [3.63, 3.8) is 0 Å². The summed E-state index contributed by atoms with van der Waals surface area (Å²) >= 11 is 0. The topological polar surface area (TPSA) is 38.0 Å². The van der Waals surface area contributed by atoms with Gasteiger partial charge in [-0.1, -0.05) is 0 Å². The van der Waals surface area contributed by atoms with E-state index in [0.717, 1.165) is 6.42 Å². The SMILES string of the molecule is CC(C)(N)CC(C)(C)NC(C)(C)C. The molecule has 0 unspecified atom stereocenters. The maximum absolute atomic E-state index is 6.00. The summed E-state index contributed by atoms with van der Waals surface area (Å²) in [7, 11) is 0. The predicted octanol–water partition coefficient (Wildman–Crippen LogP) is 2.28. The molecule has 0 spiro atoms. The van der Waals surface area contributed by atoms with Crippen molar-refractivity contribution in [1.29, 1.82) is 0 Å². The number of rotatable bonds is 3. The van der Waals surface area contributed by atoms with Crippen LogP contribution in [0.1, 0.15) is 54.9 Å². The van der Waals surface area contributed by atoms with E-state index in [1.165, 1.54) is 0 Å². The normalized spacial score (nSPS) is 14.8. The third-order valence-corrected chi connectivity index (χ3v) is 1.61. The number of nitrogens with two attached hydrogens (primary N) is 1. The van der Waals surface area contributed by atoms with Crippen molar-refractivity contribution in [1.82, 2.24) is 5.32 Å². The van der Waals surface area contributed by atoms with Crippen molar-refractivity contribution in [2.45, 2.75) is 71.5 Å². The molecule has 0 fully saturated rings. The van der Waals surface area contributed by atoms with E-state index >= 15 is 0 Å². The average Bonchev–Trinajstić information content (AvgIpc) is 1.43. The van der Waals surface area contributed by atoms with E-state index in [1.807, 2.05) is 0 Å². The van der Waals surface area contributed by atoms with Gasteiger partial charge in [0.1, 0.15) is 0 Å². The summed E-state index contributed by atoms with van der Waals surface area (Å²) in [4.78, 5) is 0. The van der Waals surface area contributed by atoms with E-state index in [0.29, 0.717) is 0 Å². The molecule has 0 amide bonds. The highest BCUT2D eigenvalue weighted by Crippen LogP contribution is 2.20. The van der Waals surface area contributed by atoms with Gasteiger partial charge in [-0.2, -0.15) is 0 Å². The first-order valence-corrected chi connectivity index (χ1v) is 5.00. The molecule has 0 bridgehead atoms. The number of hydrogen-bond acceptors (Lipinski definition) is 2. The Morgan fingerprint density at radius 1 is 0.923 bits per heavy atom. The van der Waals surface area contributed by atoms with Gasteiger partial charge in [-0.15, -0.1) is 0 Å². The Morgan fingerprint density at radius 3 is 1.54 bits per heavy atom. The van der Waals surface area contributed by atoms with Gasteiger partial charge >= 0.3 is 0 Å². The van der Waals surface area contributed by atoms with Crippen molar-refractivity contribution in [2.24, 2.45) is 5.73 Å². The lowest BCUT2D eigenvalue weighted by Gasteiger charge is -2.38. The van der Waals surface area contributed by atoms with Gasteiger partial charge in [0.15, 0.2) is 0 Å². The highest BCUT2D eigenvalue weighted by Gasteiger charge is 2.28. The fourth-order valence-corrected chi connectivity index (χ4v) is 2.20. The minimum absolute atomic E-state index is 0.0938. The summed E-state index contributed by atoms with van der Waals surface area (Å²) in [6.45, 7) is 15.1. The molecular formula is C11H26N2. The van der Waals surface area contributed by atoms with E-state index in [-0.39, 0.29) is 16.6 Å². The minimum atomic E-state index is -0.109. The van der Waals surface area contributed by atoms with Crippen LogP contribution >= 0.6 is 0 Å². The summed E-state index contributed by atoms with van der Waals surface area (Å²) in [5.41, 5.74) is 6.13. The van der Waals surface area contributed by atoms with Crippen LogP contribution in [-0.4, -0.2) is 16.6 Å². The van der Waals surface area contributed by atoms with E-state index in [4.69, 9.17) is 5.73 Å². The van der Waals surface area contributed by atoms with Crippen LogP contribution in [0.25, 0.3) is 0 Å². The Hall–Kier alpha value is -0.0800. The van der Waals surface area contributed by atoms with Gasteiger partial charge in [-0.05, 0) is 54.9 Å². The lowest BCUT2D eigenvalue weighted by molar-refractivity contribution is 0.229. The summed E-state index contributed by atoms with van der Waals surface area (Å²) in [5.74, 6) is 0. The molecule has 2 nitrogen and oxygen atoms in total. The standard InChI is InChI=1S/C11H26N2/c1-9(2,3)13-11(6,7)8-10(4,5)12/h13H,8,12H2,1-7H3. The second-order valence-corrected chi connectivity index (χ2v) is 6.42. The molecular weight excluding hydrogens is 160 g/mol. The molecule has 0 rings (SSSR count). The lowest BCUT2D eigenvalue weighted by atomic mass is 9.86. The van der Waals surface area contributed by atoms with Crippen molar-refractivity contribution in [2.75, 3.05) is 0 Å². The Balaban J connectivity index is 4.25. The second kappa shape index (κ2) is 3.58. The van der Waals surface area contributed by atoms with E-state index in [1.54, 1.807) is 0 Å². The molecule has 0 aromatic rings. The van der Waals surface area contributed by atoms with Crippen molar-refractivity contribution >= 4 is 0 Å². The quantitative estimate of drug-likeness (QED) is 0.709. The van der Waals surface area contributed by atoms with Gasteiger partial charge in [-0.25, -0.2) is 0 Å². The van der Waals surface area contributed by atoms with Crippen LogP contribution in [0.4, 0.5) is 0 Å². The van der Waals surface area contributed by atoms with Crippen molar-refractivity contribution in [3.05, 3.63) is 0 Å². The molecule has 2 heteroatoms. The van der Waals surface area contributed by atoms with Crippen LogP contribution in [0, 0.1) is 0 Å². The van der Waals surface area contributed by atoms with Gasteiger partial charge in [0.25, 0.3) is 0 Å². The first-order chi connectivity index (χ1) is 5.41. The molecule has 0 saturated carbocycles. The monoisotopic (exact) mass is 186 g/mol. The van der Waals surface area contributed by atoms with Crippen molar-refractivity contribution < 1.29 is 0 Å². The Kier molecular flexibility index (Phi) is 3.56. The summed E-state index contributed by atoms with van der Waals surface area (Å²) < 4.78 is 0. The third-order valence-electron chi connectivity index (χ3n) is 1.61. The lowest BCUT2D eigenvalue weighted by Crippen LogP contribution is -2.54. The molecule has 0 aromatic heterocycles. The number of hydrogen-bond donors (Lipinski definition) is 2. The maximum Gasteiger partial charge on any atom is 0.0147 e. The van der Waals surface area contributed by atoms with E-state index < -0.39 is 0 Å². The van der Waals surface area contributed by atoms with Gasteiger partial charge in [-0.3, -0.25) is 0 Å². The molecule has 0 aliphatic heterocycles. The third kappa shape index (κ3) is 8.26. The van der Waals surface area contributed by atoms with Gasteiger partial charge in [0.05, 0.1) is 0 Å². The largest absolute Gasteiger partial charge is 0.325 e. The maximum atomic E-state index is 6.00. The van der Waals surface area contributed by atoms with Crippen LogP contribution < -0.4 is 11.1 Å². The first kappa shape index (κ1) is 12.9. The molecule has 13 heavy (non-hydrogen) atoms.